The first kappa shape index (κ1) is 18.5. The van der Waals surface area contributed by atoms with Crippen LogP contribution in [0.5, 0.6) is 5.75 Å². The maximum absolute atomic E-state index is 5.79. The van der Waals surface area contributed by atoms with Gasteiger partial charge in [-0.25, -0.2) is 0 Å². The Morgan fingerprint density at radius 3 is 2.50 bits per heavy atom. The number of para-hydroxylation sites is 2. The highest BCUT2D eigenvalue weighted by atomic mass is 32.1. The van der Waals surface area contributed by atoms with E-state index in [1.54, 1.807) is 7.11 Å². The fourth-order valence-electron chi connectivity index (χ4n) is 3.94. The van der Waals surface area contributed by atoms with Gasteiger partial charge in [-0.05, 0) is 62.0 Å². The Kier molecular flexibility index (Phi) is 4.81. The second-order valence-electron chi connectivity index (χ2n) is 7.05. The van der Waals surface area contributed by atoms with Crippen LogP contribution in [0.25, 0.3) is 0 Å². The number of nitrogens with one attached hydrogen (secondary N) is 1. The summed E-state index contributed by atoms with van der Waals surface area (Å²) >= 11 is 5.79. The van der Waals surface area contributed by atoms with Gasteiger partial charge in [0, 0.05) is 24.6 Å². The van der Waals surface area contributed by atoms with E-state index in [9.17, 15) is 0 Å². The van der Waals surface area contributed by atoms with Gasteiger partial charge in [0.05, 0.1) is 30.6 Å². The summed E-state index contributed by atoms with van der Waals surface area (Å²) in [5, 5.41) is 4.18. The first-order valence-electron chi connectivity index (χ1n) is 9.29. The summed E-state index contributed by atoms with van der Waals surface area (Å²) in [5.41, 5.74) is 5.58. The van der Waals surface area contributed by atoms with Crippen molar-refractivity contribution in [3.63, 3.8) is 0 Å². The number of hydrogen-bond acceptors (Lipinski definition) is 3. The van der Waals surface area contributed by atoms with E-state index in [0.717, 1.165) is 17.1 Å². The van der Waals surface area contributed by atoms with Crippen molar-refractivity contribution < 1.29 is 4.74 Å². The van der Waals surface area contributed by atoms with Gasteiger partial charge in [-0.2, -0.15) is 0 Å². The smallest absolute Gasteiger partial charge is 0.174 e. The van der Waals surface area contributed by atoms with Gasteiger partial charge in [-0.1, -0.05) is 18.2 Å². The number of benzene rings is 1. The molecule has 0 bridgehead atoms. The van der Waals surface area contributed by atoms with Gasteiger partial charge in [-0.15, -0.1) is 0 Å². The Bertz CT molecular complexity index is 1010. The van der Waals surface area contributed by atoms with Crippen molar-refractivity contribution in [2.24, 2.45) is 7.05 Å². The lowest BCUT2D eigenvalue weighted by molar-refractivity contribution is 0.414. The fraction of sp³-hybridized carbons (Fsp3) is 0.273. The van der Waals surface area contributed by atoms with E-state index in [4.69, 9.17) is 17.0 Å². The third kappa shape index (κ3) is 2.94. The zero-order chi connectivity index (χ0) is 19.8. The molecule has 1 aliphatic heterocycles. The summed E-state index contributed by atoms with van der Waals surface area (Å²) < 4.78 is 7.86. The van der Waals surface area contributed by atoms with Crippen molar-refractivity contribution in [1.82, 2.24) is 14.9 Å². The van der Waals surface area contributed by atoms with Gasteiger partial charge in [0.2, 0.25) is 0 Å². The summed E-state index contributed by atoms with van der Waals surface area (Å²) in [6.45, 7) is 4.28. The molecule has 1 fully saturated rings. The number of hydrogen-bond donors (Lipinski definition) is 1. The number of anilines is 1. The fourth-order valence-corrected chi connectivity index (χ4v) is 4.28. The van der Waals surface area contributed by atoms with Crippen molar-refractivity contribution >= 4 is 23.0 Å². The molecular weight excluding hydrogens is 368 g/mol. The summed E-state index contributed by atoms with van der Waals surface area (Å²) in [5.74, 6) is 0.795. The van der Waals surface area contributed by atoms with Crippen LogP contribution in [0.1, 0.15) is 34.7 Å². The lowest BCUT2D eigenvalue weighted by atomic mass is 9.96. The zero-order valence-corrected chi connectivity index (χ0v) is 17.3. The molecule has 5 nitrogen and oxygen atoms in total. The quantitative estimate of drug-likeness (QED) is 0.673. The highest BCUT2D eigenvalue weighted by molar-refractivity contribution is 7.80. The molecule has 1 N–H and O–H groups in total. The van der Waals surface area contributed by atoms with Gasteiger partial charge < -0.3 is 19.5 Å². The molecule has 0 saturated carbocycles. The van der Waals surface area contributed by atoms with Crippen LogP contribution in [0.15, 0.2) is 54.7 Å². The molecule has 3 aromatic rings. The second-order valence-corrected chi connectivity index (χ2v) is 7.44. The Hall–Kier alpha value is -2.86. The number of aryl methyl sites for hydroxylation is 1. The van der Waals surface area contributed by atoms with Gasteiger partial charge in [-0.3, -0.25) is 4.98 Å². The topological polar surface area (TPSA) is 42.3 Å². The zero-order valence-electron chi connectivity index (χ0n) is 16.5. The predicted octanol–water partition coefficient (Wildman–Crippen LogP) is 4.22. The van der Waals surface area contributed by atoms with Crippen molar-refractivity contribution in [1.29, 1.82) is 0 Å². The summed E-state index contributed by atoms with van der Waals surface area (Å²) in [7, 11) is 3.78. The highest BCUT2D eigenvalue weighted by Gasteiger charge is 2.42. The molecule has 1 aliphatic rings. The minimum atomic E-state index is -0.0564. The van der Waals surface area contributed by atoms with Crippen LogP contribution in [0.4, 0.5) is 5.69 Å². The second kappa shape index (κ2) is 7.28. The molecule has 2 aromatic heterocycles. The van der Waals surface area contributed by atoms with Crippen LogP contribution in [0.3, 0.4) is 0 Å². The Labute approximate surface area is 171 Å². The maximum atomic E-state index is 5.79. The third-order valence-electron chi connectivity index (χ3n) is 5.58. The normalized spacial score (nSPS) is 19.0. The van der Waals surface area contributed by atoms with Crippen LogP contribution in [0, 0.1) is 13.8 Å². The van der Waals surface area contributed by atoms with Gasteiger partial charge in [0.1, 0.15) is 5.75 Å². The minimum absolute atomic E-state index is 0.0291. The van der Waals surface area contributed by atoms with E-state index in [-0.39, 0.29) is 12.1 Å². The standard InChI is InChI=1S/C22H24N4OS/c1-14-13-16(15(2)25(14)3)21-20(17-9-7-8-12-23-17)24-22(28)26(21)18-10-5-6-11-19(18)27-4/h5-13,20-21H,1-4H3,(H,24,28)/t20-,21+/m1/s1. The largest absolute Gasteiger partial charge is 0.495 e. The number of rotatable bonds is 4. The van der Waals surface area contributed by atoms with E-state index in [1.807, 2.05) is 48.7 Å². The molecule has 3 heterocycles. The summed E-state index contributed by atoms with van der Waals surface area (Å²) in [6.07, 6.45) is 1.83. The average Bonchev–Trinajstić information content (AvgIpc) is 3.19. The van der Waals surface area contributed by atoms with Crippen LogP contribution in [-0.2, 0) is 7.05 Å². The molecule has 0 spiro atoms. The lowest BCUT2D eigenvalue weighted by Crippen LogP contribution is -2.30. The first-order valence-corrected chi connectivity index (χ1v) is 9.70. The molecule has 144 valence electrons. The number of ether oxygens (including phenoxy) is 1. The monoisotopic (exact) mass is 392 g/mol. The molecule has 28 heavy (non-hydrogen) atoms. The number of methoxy groups -OCH3 is 1. The first-order chi connectivity index (χ1) is 13.5. The van der Waals surface area contributed by atoms with Crippen LogP contribution >= 0.6 is 12.2 Å². The Morgan fingerprint density at radius 2 is 1.86 bits per heavy atom. The van der Waals surface area contributed by atoms with Crippen molar-refractivity contribution in [3.8, 4) is 5.75 Å². The highest BCUT2D eigenvalue weighted by Crippen LogP contribution is 2.45. The third-order valence-corrected chi connectivity index (χ3v) is 5.89. The van der Waals surface area contributed by atoms with E-state index >= 15 is 0 Å². The van der Waals surface area contributed by atoms with E-state index in [1.165, 1.54) is 17.0 Å². The van der Waals surface area contributed by atoms with Crippen LogP contribution in [-0.4, -0.2) is 21.8 Å². The lowest BCUT2D eigenvalue weighted by Gasteiger charge is -2.29. The molecule has 0 radical (unpaired) electrons. The molecule has 0 aliphatic carbocycles. The SMILES string of the molecule is COc1ccccc1N1C(=S)N[C@H](c2ccccn2)[C@@H]1c1cc(C)n(C)c1C. The molecule has 4 rings (SSSR count). The summed E-state index contributed by atoms with van der Waals surface area (Å²) in [6, 6.07) is 16.1. The van der Waals surface area contributed by atoms with Crippen molar-refractivity contribution in [2.75, 3.05) is 12.0 Å². The predicted molar refractivity (Wildman–Crippen MR) is 116 cm³/mol. The minimum Gasteiger partial charge on any atom is -0.495 e. The molecule has 2 atom stereocenters. The molecule has 6 heteroatoms. The average molecular weight is 393 g/mol. The molecule has 0 unspecified atom stereocenters. The Morgan fingerprint density at radius 1 is 1.11 bits per heavy atom. The van der Waals surface area contributed by atoms with E-state index < -0.39 is 0 Å². The van der Waals surface area contributed by atoms with Gasteiger partial charge in [0.15, 0.2) is 5.11 Å². The molecule has 1 aromatic carbocycles. The number of thiocarbonyl (C=S) groups is 1. The molecule has 0 amide bonds. The number of aromatic nitrogens is 2. The van der Waals surface area contributed by atoms with Gasteiger partial charge >= 0.3 is 0 Å². The van der Waals surface area contributed by atoms with E-state index in [0.29, 0.717) is 5.11 Å². The van der Waals surface area contributed by atoms with Gasteiger partial charge in [0.25, 0.3) is 0 Å². The number of pyridine rings is 1. The summed E-state index contributed by atoms with van der Waals surface area (Å²) in [4.78, 5) is 6.78. The Balaban J connectivity index is 1.91. The van der Waals surface area contributed by atoms with Crippen molar-refractivity contribution in [3.05, 3.63) is 77.4 Å². The molecule has 1 saturated heterocycles. The maximum Gasteiger partial charge on any atom is 0.174 e. The van der Waals surface area contributed by atoms with Crippen LogP contribution < -0.4 is 15.0 Å². The van der Waals surface area contributed by atoms with Crippen LogP contribution in [0.2, 0.25) is 0 Å². The number of nitrogens with zero attached hydrogens (tertiary/aromatic N) is 3. The van der Waals surface area contributed by atoms with E-state index in [2.05, 4.69) is 46.7 Å². The molecular formula is C22H24N4OS. The van der Waals surface area contributed by atoms with Crippen molar-refractivity contribution in [2.45, 2.75) is 25.9 Å².